The first-order valence-electron chi connectivity index (χ1n) is 13.3. The van der Waals surface area contributed by atoms with Crippen LogP contribution in [0.3, 0.4) is 0 Å². The van der Waals surface area contributed by atoms with Crippen LogP contribution in [0.1, 0.15) is 61.3 Å². The number of hydrogen-bond acceptors (Lipinski definition) is 5. The van der Waals surface area contributed by atoms with Crippen molar-refractivity contribution in [2.24, 2.45) is 5.41 Å². The Bertz CT molecular complexity index is 1300. The summed E-state index contributed by atoms with van der Waals surface area (Å²) in [6, 6.07) is 7.61. The Hall–Kier alpha value is -3.17. The highest BCUT2D eigenvalue weighted by molar-refractivity contribution is 5.84. The Labute approximate surface area is 226 Å². The van der Waals surface area contributed by atoms with Gasteiger partial charge in [-0.05, 0) is 118 Å². The zero-order valence-corrected chi connectivity index (χ0v) is 22.4. The Morgan fingerprint density at radius 1 is 1.15 bits per heavy atom. The number of carboxylic acids is 1. The quantitative estimate of drug-likeness (QED) is 0.290. The Kier molecular flexibility index (Phi) is 9.12. The molecule has 2 N–H and O–H groups in total. The maximum Gasteiger partial charge on any atom is 0.303 e. The van der Waals surface area contributed by atoms with E-state index in [1.165, 1.54) is 0 Å². The van der Waals surface area contributed by atoms with E-state index in [0.717, 1.165) is 34.2 Å². The van der Waals surface area contributed by atoms with Crippen LogP contribution in [0.2, 0.25) is 0 Å². The third-order valence-corrected chi connectivity index (χ3v) is 8.02. The molecule has 0 aliphatic carbocycles. The number of fused-ring (bicyclic) bond motifs is 1. The molecule has 39 heavy (non-hydrogen) atoms. The van der Waals surface area contributed by atoms with Crippen molar-refractivity contribution in [1.29, 1.82) is 0 Å². The van der Waals surface area contributed by atoms with E-state index in [9.17, 15) is 28.2 Å². The molecule has 0 amide bonds. The molecule has 4 rings (SSSR count). The van der Waals surface area contributed by atoms with Crippen molar-refractivity contribution >= 4 is 16.9 Å². The van der Waals surface area contributed by atoms with Gasteiger partial charge >= 0.3 is 5.97 Å². The molecule has 3 aromatic rings. The van der Waals surface area contributed by atoms with Crippen LogP contribution in [-0.2, 0) is 11.2 Å². The van der Waals surface area contributed by atoms with Gasteiger partial charge in [0.2, 0.25) is 0 Å². The SMILES string of the molecule is COc1ccc2ncc(C)c([C@H](O)CCC3(CC(=O)O)CCN(CCCc4cc(F)c(F)c(F)c4)CC3)c2c1. The third kappa shape index (κ3) is 6.89. The summed E-state index contributed by atoms with van der Waals surface area (Å²) < 4.78 is 45.5. The van der Waals surface area contributed by atoms with Crippen molar-refractivity contribution < 1.29 is 32.9 Å². The minimum atomic E-state index is -1.46. The van der Waals surface area contributed by atoms with E-state index in [-0.39, 0.29) is 6.42 Å². The molecule has 0 radical (unpaired) electrons. The number of aliphatic carboxylic acids is 1. The highest BCUT2D eigenvalue weighted by Crippen LogP contribution is 2.42. The van der Waals surface area contributed by atoms with Crippen molar-refractivity contribution in [3.8, 4) is 5.75 Å². The minimum Gasteiger partial charge on any atom is -0.497 e. The summed E-state index contributed by atoms with van der Waals surface area (Å²) >= 11 is 0. The number of piperidine rings is 1. The fraction of sp³-hybridized carbons (Fsp3) is 0.467. The van der Waals surface area contributed by atoms with E-state index in [2.05, 4.69) is 9.88 Å². The number of nitrogens with zero attached hydrogens (tertiary/aromatic N) is 2. The number of aliphatic hydroxyl groups excluding tert-OH is 1. The van der Waals surface area contributed by atoms with Crippen LogP contribution in [-0.4, -0.2) is 52.8 Å². The number of likely N-dealkylation sites (tertiary alicyclic amines) is 1. The number of aliphatic hydroxyl groups is 1. The summed E-state index contributed by atoms with van der Waals surface area (Å²) in [4.78, 5) is 18.5. The molecule has 1 aliphatic rings. The smallest absolute Gasteiger partial charge is 0.303 e. The Morgan fingerprint density at radius 3 is 2.49 bits per heavy atom. The first-order chi connectivity index (χ1) is 18.6. The summed E-state index contributed by atoms with van der Waals surface area (Å²) in [6.07, 6.45) is 4.41. The largest absolute Gasteiger partial charge is 0.497 e. The third-order valence-electron chi connectivity index (χ3n) is 8.02. The number of halogens is 3. The summed E-state index contributed by atoms with van der Waals surface area (Å²) in [5.74, 6) is -4.00. The maximum atomic E-state index is 13.5. The summed E-state index contributed by atoms with van der Waals surface area (Å²) in [5, 5.41) is 21.8. The molecule has 1 fully saturated rings. The fourth-order valence-corrected chi connectivity index (χ4v) is 5.79. The lowest BCUT2D eigenvalue weighted by atomic mass is 9.71. The molecule has 2 aromatic carbocycles. The standard InChI is InChI=1S/C30H35F3N2O4/c1-19-18-34-25-6-5-21(39-2)16-22(25)28(19)26(36)7-8-30(17-27(37)38)9-12-35(13-10-30)11-3-4-20-14-23(31)29(33)24(32)15-20/h5-6,14-16,18,26,36H,3-4,7-13,17H2,1-2H3,(H,37,38)/t26-/m1/s1. The molecule has 1 saturated heterocycles. The zero-order valence-electron chi connectivity index (χ0n) is 22.4. The molecule has 1 atom stereocenters. The van der Waals surface area contributed by atoms with Gasteiger partial charge in [0.05, 0.1) is 25.2 Å². The number of aromatic nitrogens is 1. The van der Waals surface area contributed by atoms with Crippen molar-refractivity contribution in [3.05, 3.63) is 70.7 Å². The highest BCUT2D eigenvalue weighted by Gasteiger charge is 2.37. The van der Waals surface area contributed by atoms with E-state index in [1.807, 2.05) is 25.1 Å². The van der Waals surface area contributed by atoms with Gasteiger partial charge in [0.25, 0.3) is 0 Å². The van der Waals surface area contributed by atoms with Gasteiger partial charge in [0, 0.05) is 11.6 Å². The van der Waals surface area contributed by atoms with Crippen LogP contribution in [0.4, 0.5) is 13.2 Å². The van der Waals surface area contributed by atoms with Crippen LogP contribution >= 0.6 is 0 Å². The average Bonchev–Trinajstić information content (AvgIpc) is 2.90. The molecular weight excluding hydrogens is 509 g/mol. The van der Waals surface area contributed by atoms with Gasteiger partial charge in [-0.25, -0.2) is 13.2 Å². The van der Waals surface area contributed by atoms with E-state index >= 15 is 0 Å². The summed E-state index contributed by atoms with van der Waals surface area (Å²) in [5.41, 5.74) is 2.40. The molecular formula is C30H35F3N2O4. The lowest BCUT2D eigenvalue weighted by molar-refractivity contribution is -0.141. The molecule has 210 valence electrons. The molecule has 0 bridgehead atoms. The number of methoxy groups -OCH3 is 1. The van der Waals surface area contributed by atoms with Gasteiger partial charge in [-0.3, -0.25) is 9.78 Å². The second-order valence-corrected chi connectivity index (χ2v) is 10.7. The lowest BCUT2D eigenvalue weighted by Crippen LogP contribution is -2.41. The number of ether oxygens (including phenoxy) is 1. The summed E-state index contributed by atoms with van der Waals surface area (Å²) in [6.45, 7) is 4.00. The zero-order chi connectivity index (χ0) is 28.2. The lowest BCUT2D eigenvalue weighted by Gasteiger charge is -2.41. The van der Waals surface area contributed by atoms with Crippen LogP contribution < -0.4 is 4.74 Å². The number of carbonyl (C=O) groups is 1. The predicted molar refractivity (Wildman–Crippen MR) is 142 cm³/mol. The van der Waals surface area contributed by atoms with Gasteiger partial charge in [-0.1, -0.05) is 0 Å². The van der Waals surface area contributed by atoms with E-state index < -0.39 is 34.9 Å². The Balaban J connectivity index is 1.38. The van der Waals surface area contributed by atoms with Gasteiger partial charge in [-0.15, -0.1) is 0 Å². The number of hydrogen-bond donors (Lipinski definition) is 2. The van der Waals surface area contributed by atoms with Gasteiger partial charge < -0.3 is 19.8 Å². The monoisotopic (exact) mass is 544 g/mol. The van der Waals surface area contributed by atoms with Gasteiger partial charge in [-0.2, -0.15) is 0 Å². The predicted octanol–water partition coefficient (Wildman–Crippen LogP) is 5.97. The molecule has 6 nitrogen and oxygen atoms in total. The van der Waals surface area contributed by atoms with Crippen LogP contribution in [0.25, 0.3) is 10.9 Å². The van der Waals surface area contributed by atoms with E-state index in [0.29, 0.717) is 69.5 Å². The molecule has 1 aliphatic heterocycles. The molecule has 0 saturated carbocycles. The Morgan fingerprint density at radius 2 is 1.85 bits per heavy atom. The minimum absolute atomic E-state index is 0.0333. The molecule has 9 heteroatoms. The van der Waals surface area contributed by atoms with Crippen molar-refractivity contribution in [2.45, 2.75) is 58.0 Å². The van der Waals surface area contributed by atoms with Crippen LogP contribution in [0, 0.1) is 29.8 Å². The van der Waals surface area contributed by atoms with Crippen LogP contribution in [0.15, 0.2) is 36.5 Å². The average molecular weight is 545 g/mol. The number of rotatable bonds is 11. The number of benzene rings is 2. The number of carboxylic acid groups (broad SMARTS) is 1. The topological polar surface area (TPSA) is 82.9 Å². The highest BCUT2D eigenvalue weighted by atomic mass is 19.2. The second-order valence-electron chi connectivity index (χ2n) is 10.7. The molecule has 2 heterocycles. The van der Waals surface area contributed by atoms with E-state index in [1.54, 1.807) is 13.3 Å². The number of aryl methyl sites for hydroxylation is 2. The van der Waals surface area contributed by atoms with E-state index in [4.69, 9.17) is 4.74 Å². The van der Waals surface area contributed by atoms with Crippen molar-refractivity contribution in [2.75, 3.05) is 26.7 Å². The molecule has 0 spiro atoms. The first kappa shape index (κ1) is 28.8. The fourth-order valence-electron chi connectivity index (χ4n) is 5.79. The first-order valence-corrected chi connectivity index (χ1v) is 13.3. The van der Waals surface area contributed by atoms with Crippen molar-refractivity contribution in [3.63, 3.8) is 0 Å². The van der Waals surface area contributed by atoms with Crippen molar-refractivity contribution in [1.82, 2.24) is 9.88 Å². The molecule has 0 unspecified atom stereocenters. The second kappa shape index (κ2) is 12.3. The van der Waals surface area contributed by atoms with Crippen LogP contribution in [0.5, 0.6) is 5.75 Å². The number of pyridine rings is 1. The van der Waals surface area contributed by atoms with Gasteiger partial charge in [0.15, 0.2) is 17.5 Å². The molecule has 1 aromatic heterocycles. The van der Waals surface area contributed by atoms with Gasteiger partial charge in [0.1, 0.15) is 5.75 Å². The summed E-state index contributed by atoms with van der Waals surface area (Å²) in [7, 11) is 1.59. The maximum absolute atomic E-state index is 13.5. The normalized spacial score (nSPS) is 16.4.